The minimum atomic E-state index is 0. The van der Waals surface area contributed by atoms with E-state index in [1.54, 1.807) is 0 Å². The summed E-state index contributed by atoms with van der Waals surface area (Å²) in [6, 6.07) is 0. The molecule has 0 radical (unpaired) electrons. The molecule has 0 aromatic rings. The molecule has 0 aromatic heterocycles. The molecule has 0 saturated carbocycles. The Bertz CT molecular complexity index is 45.7. The van der Waals surface area contributed by atoms with Gasteiger partial charge in [-0.25, -0.2) is 0 Å². The second kappa shape index (κ2) is 5.51. The maximum atomic E-state index is 3.67. The maximum absolute atomic E-state index is 3.67. The van der Waals surface area contributed by atoms with Crippen molar-refractivity contribution in [3.8, 4) is 0 Å². The smallest absolute Gasteiger partial charge is 1.00 e. The van der Waals surface area contributed by atoms with Crippen LogP contribution in [0.3, 0.4) is 0 Å². The van der Waals surface area contributed by atoms with Gasteiger partial charge in [0.2, 0.25) is 0 Å². The van der Waals surface area contributed by atoms with Gasteiger partial charge in [-0.3, -0.25) is 0 Å². The Balaban J connectivity index is -0.0000000267. The van der Waals surface area contributed by atoms with Gasteiger partial charge in [-0.1, -0.05) is 12.5 Å². The molecule has 0 atom stereocenters. The van der Waals surface area contributed by atoms with Crippen LogP contribution in [0, 0.1) is 0 Å². The molecule has 34 valence electrons. The molecule has 0 N–H and O–H groups in total. The zero-order valence-electron chi connectivity index (χ0n) is 6.62. The van der Waals surface area contributed by atoms with E-state index in [2.05, 4.69) is 13.5 Å². The van der Waals surface area contributed by atoms with Gasteiger partial charge in [0.05, 0.1) is 0 Å². The third kappa shape index (κ3) is 8.82. The van der Waals surface area contributed by atoms with Crippen molar-refractivity contribution >= 4 is 23.1 Å². The fourth-order valence-corrected chi connectivity index (χ4v) is 0. The minimum absolute atomic E-state index is 0. The Labute approximate surface area is 58.7 Å². The first kappa shape index (κ1) is 9.71. The first-order chi connectivity index (χ1) is 2.27. The van der Waals surface area contributed by atoms with Crippen LogP contribution in [-0.2, 0) is 0 Å². The van der Waals surface area contributed by atoms with Gasteiger partial charge in [0.25, 0.3) is 0 Å². The fourth-order valence-electron chi connectivity index (χ4n) is 0. The average Bonchev–Trinajstić information content (AvgIpc) is 1.38. The zero-order chi connectivity index (χ0) is 4.28. The van der Waals surface area contributed by atoms with Crippen molar-refractivity contribution in [2.24, 2.45) is 0 Å². The molecule has 0 bridgehead atoms. The Morgan fingerprint density at radius 2 is 2.00 bits per heavy atom. The number of rotatable bonds is 1. The Kier molecular flexibility index (Phi) is 8.91. The van der Waals surface area contributed by atoms with E-state index in [9.17, 15) is 0 Å². The van der Waals surface area contributed by atoms with E-state index in [0.717, 1.165) is 6.42 Å². The van der Waals surface area contributed by atoms with E-state index in [0.29, 0.717) is 0 Å². The standard InChI is InChI=1S/C5H10.Mg.2H/c1-4-5(2)3;;;/h2,4H2,1,3H3;;;/q;+2;2*-1. The molecule has 0 aliphatic rings. The molecule has 0 aliphatic carbocycles. The summed E-state index contributed by atoms with van der Waals surface area (Å²) in [6.07, 6.45) is 1.11. The molecule has 0 unspecified atom stereocenters. The van der Waals surface area contributed by atoms with Crippen molar-refractivity contribution in [1.29, 1.82) is 0 Å². The van der Waals surface area contributed by atoms with Crippen LogP contribution in [0.4, 0.5) is 0 Å². The van der Waals surface area contributed by atoms with Gasteiger partial charge in [0, 0.05) is 0 Å². The van der Waals surface area contributed by atoms with Crippen LogP contribution in [-0.4, -0.2) is 23.1 Å². The van der Waals surface area contributed by atoms with E-state index < -0.39 is 0 Å². The molecule has 0 heterocycles. The molecule has 0 aliphatic heterocycles. The summed E-state index contributed by atoms with van der Waals surface area (Å²) >= 11 is 0. The van der Waals surface area contributed by atoms with Crippen LogP contribution in [0.15, 0.2) is 12.2 Å². The maximum Gasteiger partial charge on any atom is 2.00 e. The minimum Gasteiger partial charge on any atom is -1.00 e. The number of hydrogen-bond acceptors (Lipinski definition) is 0. The van der Waals surface area contributed by atoms with Gasteiger partial charge < -0.3 is 2.85 Å². The van der Waals surface area contributed by atoms with Crippen LogP contribution in [0.25, 0.3) is 0 Å². The topological polar surface area (TPSA) is 0 Å². The number of hydrogen-bond donors (Lipinski definition) is 0. The Morgan fingerprint density at radius 3 is 2.00 bits per heavy atom. The molecule has 1 heteroatoms. The van der Waals surface area contributed by atoms with Crippen LogP contribution in [0.5, 0.6) is 0 Å². The van der Waals surface area contributed by atoms with Gasteiger partial charge in [0.15, 0.2) is 0 Å². The molecule has 0 nitrogen and oxygen atoms in total. The molecular formula is C5H12Mg. The SMILES string of the molecule is C=C(C)CC.[H-].[H-].[Mg+2]. The van der Waals surface area contributed by atoms with Gasteiger partial charge in [-0.05, 0) is 13.3 Å². The molecule has 0 amide bonds. The Hall–Kier alpha value is 0.506. The summed E-state index contributed by atoms with van der Waals surface area (Å²) in [4.78, 5) is 0. The van der Waals surface area contributed by atoms with Gasteiger partial charge in [0.1, 0.15) is 0 Å². The quantitative estimate of drug-likeness (QED) is 0.345. The van der Waals surface area contributed by atoms with E-state index in [1.165, 1.54) is 5.57 Å². The van der Waals surface area contributed by atoms with E-state index >= 15 is 0 Å². The Morgan fingerprint density at radius 1 is 1.83 bits per heavy atom. The summed E-state index contributed by atoms with van der Waals surface area (Å²) in [5.41, 5.74) is 1.25. The zero-order valence-corrected chi connectivity index (χ0v) is 6.04. The molecule has 0 fully saturated rings. The predicted molar refractivity (Wildman–Crippen MR) is 33.1 cm³/mol. The monoisotopic (exact) mass is 96.1 g/mol. The summed E-state index contributed by atoms with van der Waals surface area (Å²) in [5, 5.41) is 0. The van der Waals surface area contributed by atoms with Crippen molar-refractivity contribution in [2.75, 3.05) is 0 Å². The predicted octanol–water partition coefficient (Wildman–Crippen LogP) is 1.82. The average molecular weight is 96.5 g/mol. The molecular weight excluding hydrogens is 84.4 g/mol. The van der Waals surface area contributed by atoms with Crippen molar-refractivity contribution in [3.05, 3.63) is 12.2 Å². The van der Waals surface area contributed by atoms with E-state index in [-0.39, 0.29) is 25.9 Å². The molecule has 0 spiro atoms. The first-order valence-electron chi connectivity index (χ1n) is 1.91. The van der Waals surface area contributed by atoms with Crippen molar-refractivity contribution < 1.29 is 2.85 Å². The van der Waals surface area contributed by atoms with Crippen molar-refractivity contribution in [3.63, 3.8) is 0 Å². The van der Waals surface area contributed by atoms with Crippen LogP contribution in [0.1, 0.15) is 23.1 Å². The third-order valence-corrected chi connectivity index (χ3v) is 0.604. The van der Waals surface area contributed by atoms with E-state index in [1.807, 2.05) is 6.92 Å². The van der Waals surface area contributed by atoms with Crippen molar-refractivity contribution in [1.82, 2.24) is 0 Å². The summed E-state index contributed by atoms with van der Waals surface area (Å²) in [5.74, 6) is 0. The van der Waals surface area contributed by atoms with Crippen LogP contribution < -0.4 is 0 Å². The number of allylic oxidation sites excluding steroid dienone is 1. The normalized spacial score (nSPS) is 6.33. The fraction of sp³-hybridized carbons (Fsp3) is 0.600. The first-order valence-corrected chi connectivity index (χ1v) is 1.91. The van der Waals surface area contributed by atoms with Crippen molar-refractivity contribution in [2.45, 2.75) is 20.3 Å². The van der Waals surface area contributed by atoms with Gasteiger partial charge in [-0.15, -0.1) is 6.58 Å². The van der Waals surface area contributed by atoms with Crippen LogP contribution >= 0.6 is 0 Å². The molecule has 0 rings (SSSR count). The molecule has 0 saturated heterocycles. The second-order valence-corrected chi connectivity index (χ2v) is 1.31. The molecule has 0 aromatic carbocycles. The van der Waals surface area contributed by atoms with Gasteiger partial charge in [-0.2, -0.15) is 0 Å². The van der Waals surface area contributed by atoms with E-state index in [4.69, 9.17) is 0 Å². The summed E-state index contributed by atoms with van der Waals surface area (Å²) < 4.78 is 0. The van der Waals surface area contributed by atoms with Gasteiger partial charge >= 0.3 is 23.1 Å². The second-order valence-electron chi connectivity index (χ2n) is 1.31. The summed E-state index contributed by atoms with van der Waals surface area (Å²) in [6.45, 7) is 7.80. The third-order valence-electron chi connectivity index (χ3n) is 0.604. The van der Waals surface area contributed by atoms with Crippen LogP contribution in [0.2, 0.25) is 0 Å². The summed E-state index contributed by atoms with van der Waals surface area (Å²) in [7, 11) is 0. The molecule has 6 heavy (non-hydrogen) atoms. The largest absolute Gasteiger partial charge is 2.00 e.